The summed E-state index contributed by atoms with van der Waals surface area (Å²) in [6.07, 6.45) is 2.62. The van der Waals surface area contributed by atoms with Gasteiger partial charge in [-0.2, -0.15) is 0 Å². The lowest BCUT2D eigenvalue weighted by Crippen LogP contribution is -2.42. The lowest BCUT2D eigenvalue weighted by Gasteiger charge is -2.28. The summed E-state index contributed by atoms with van der Waals surface area (Å²) < 4.78 is 6.03. The van der Waals surface area contributed by atoms with Crippen LogP contribution < -0.4 is 15.8 Å². The van der Waals surface area contributed by atoms with Gasteiger partial charge in [0.2, 0.25) is 0 Å². The van der Waals surface area contributed by atoms with Crippen molar-refractivity contribution in [2.45, 2.75) is 39.8 Å². The summed E-state index contributed by atoms with van der Waals surface area (Å²) in [5.74, 6) is 0.316. The van der Waals surface area contributed by atoms with Gasteiger partial charge >= 0.3 is 0 Å². The summed E-state index contributed by atoms with van der Waals surface area (Å²) in [5.41, 5.74) is 10.5. The normalized spacial score (nSPS) is 12.3. The summed E-state index contributed by atoms with van der Waals surface area (Å²) in [6.45, 7) is 11.9. The number of nitrogens with one attached hydrogen (secondary N) is 1. The zero-order valence-electron chi connectivity index (χ0n) is 23.1. The van der Waals surface area contributed by atoms with Gasteiger partial charge in [0.25, 0.3) is 5.91 Å². The van der Waals surface area contributed by atoms with Crippen LogP contribution in [0.5, 0.6) is 5.75 Å². The minimum Gasteiger partial charge on any atom is -0.492 e. The Bertz CT molecular complexity index is 1270. The molecule has 0 unspecified atom stereocenters. The van der Waals surface area contributed by atoms with Crippen molar-refractivity contribution in [2.24, 2.45) is 11.1 Å². The van der Waals surface area contributed by atoms with Crippen molar-refractivity contribution in [1.29, 1.82) is 0 Å². The van der Waals surface area contributed by atoms with Gasteiger partial charge in [-0.3, -0.25) is 4.79 Å². The molecule has 0 aliphatic carbocycles. The number of benzene rings is 2. The molecule has 1 heterocycles. The molecule has 1 aromatic heterocycles. The monoisotopic (exact) mass is 534 g/mol. The fourth-order valence-corrected chi connectivity index (χ4v) is 4.32. The number of amides is 1. The third-order valence-electron chi connectivity index (χ3n) is 6.32. The van der Waals surface area contributed by atoms with E-state index in [9.17, 15) is 4.79 Å². The molecule has 1 atom stereocenters. The highest BCUT2D eigenvalue weighted by atomic mass is 35.5. The van der Waals surface area contributed by atoms with Crippen LogP contribution in [0.2, 0.25) is 5.02 Å². The molecule has 0 saturated carbocycles. The molecular weight excluding hydrogens is 496 g/mol. The Morgan fingerprint density at radius 3 is 2.55 bits per heavy atom. The fourth-order valence-electron chi connectivity index (χ4n) is 4.15. The van der Waals surface area contributed by atoms with Crippen molar-refractivity contribution in [3.63, 3.8) is 0 Å². The van der Waals surface area contributed by atoms with E-state index in [1.165, 1.54) is 0 Å². The summed E-state index contributed by atoms with van der Waals surface area (Å²) in [5, 5.41) is 3.58. The van der Waals surface area contributed by atoms with Gasteiger partial charge < -0.3 is 20.7 Å². The number of rotatable bonds is 11. The van der Waals surface area contributed by atoms with Crippen molar-refractivity contribution >= 4 is 17.5 Å². The van der Waals surface area contributed by atoms with E-state index in [0.29, 0.717) is 35.3 Å². The van der Waals surface area contributed by atoms with Gasteiger partial charge in [0.05, 0.1) is 23.4 Å². The molecule has 3 aromatic rings. The van der Waals surface area contributed by atoms with Gasteiger partial charge in [0.1, 0.15) is 11.4 Å². The SMILES string of the molecule is C=C[C@H](NC(=O)c1ccc(-c2ccccc2CN)c(-c2ccc(Cl)c(OCCCN(C)C)c2)n1)C(C)(C)C. The third kappa shape index (κ3) is 7.44. The molecule has 0 saturated heterocycles. The molecule has 0 radical (unpaired) electrons. The Balaban J connectivity index is 2.07. The van der Waals surface area contributed by atoms with Crippen LogP contribution in [0.15, 0.2) is 67.3 Å². The number of carbonyl (C=O) groups excluding carboxylic acids is 1. The highest BCUT2D eigenvalue weighted by molar-refractivity contribution is 6.32. The minimum atomic E-state index is -0.265. The van der Waals surface area contributed by atoms with Gasteiger partial charge in [-0.15, -0.1) is 6.58 Å². The van der Waals surface area contributed by atoms with Gasteiger partial charge in [-0.05, 0) is 61.3 Å². The number of nitrogens with zero attached hydrogens (tertiary/aromatic N) is 2. The first kappa shape index (κ1) is 29.4. The number of carbonyl (C=O) groups is 1. The second-order valence-corrected chi connectivity index (χ2v) is 11.1. The topological polar surface area (TPSA) is 80.5 Å². The molecule has 38 heavy (non-hydrogen) atoms. The number of ether oxygens (including phenoxy) is 1. The Hall–Kier alpha value is -3.19. The first-order valence-corrected chi connectivity index (χ1v) is 13.2. The van der Waals surface area contributed by atoms with Gasteiger partial charge in [-0.1, -0.05) is 68.8 Å². The molecular formula is C31H39ClN4O2. The summed E-state index contributed by atoms with van der Waals surface area (Å²) >= 11 is 6.48. The minimum absolute atomic E-state index is 0.185. The van der Waals surface area contributed by atoms with E-state index in [0.717, 1.165) is 35.2 Å². The van der Waals surface area contributed by atoms with Gasteiger partial charge in [-0.25, -0.2) is 4.98 Å². The van der Waals surface area contributed by atoms with E-state index in [4.69, 9.17) is 27.1 Å². The smallest absolute Gasteiger partial charge is 0.270 e. The van der Waals surface area contributed by atoms with Crippen molar-refractivity contribution in [2.75, 3.05) is 27.2 Å². The van der Waals surface area contributed by atoms with Crippen molar-refractivity contribution in [3.8, 4) is 28.1 Å². The van der Waals surface area contributed by atoms with Crippen molar-refractivity contribution in [3.05, 3.63) is 83.5 Å². The largest absolute Gasteiger partial charge is 0.492 e. The predicted molar refractivity (Wildman–Crippen MR) is 158 cm³/mol. The summed E-state index contributed by atoms with van der Waals surface area (Å²) in [6, 6.07) is 17.0. The molecule has 0 aliphatic heterocycles. The number of hydrogen-bond acceptors (Lipinski definition) is 5. The molecule has 0 fully saturated rings. The average molecular weight is 535 g/mol. The zero-order chi connectivity index (χ0) is 27.9. The van der Waals surface area contributed by atoms with Crippen molar-refractivity contribution < 1.29 is 9.53 Å². The maximum absolute atomic E-state index is 13.3. The molecule has 2 aromatic carbocycles. The Kier molecular flexibility index (Phi) is 10.1. The molecule has 1 amide bonds. The standard InChI is InChI=1S/C31H39ClN4O2/c1-7-28(31(2,3)4)35-30(37)26-16-14-24(23-12-9-8-11-22(23)20-33)29(34-26)21-13-15-25(32)27(19-21)38-18-10-17-36(5)6/h7-9,11-16,19,28H,1,10,17-18,20,33H2,2-6H3,(H,35,37)/t28-/m0/s1. The van der Waals surface area contributed by atoms with Crippen LogP contribution in [-0.2, 0) is 6.54 Å². The fraction of sp³-hybridized carbons (Fsp3) is 0.355. The number of hydrogen-bond donors (Lipinski definition) is 2. The van der Waals surface area contributed by atoms with E-state index in [1.54, 1.807) is 18.2 Å². The van der Waals surface area contributed by atoms with Gasteiger partial charge in [0, 0.05) is 24.2 Å². The number of halogens is 1. The van der Waals surface area contributed by atoms with E-state index >= 15 is 0 Å². The first-order chi connectivity index (χ1) is 18.0. The van der Waals surface area contributed by atoms with Crippen LogP contribution in [0.1, 0.15) is 43.2 Å². The molecule has 3 N–H and O–H groups in total. The second kappa shape index (κ2) is 13.1. The van der Waals surface area contributed by atoms with E-state index in [2.05, 4.69) is 37.6 Å². The summed E-state index contributed by atoms with van der Waals surface area (Å²) in [4.78, 5) is 20.2. The van der Waals surface area contributed by atoms with E-state index < -0.39 is 0 Å². The Morgan fingerprint density at radius 2 is 1.89 bits per heavy atom. The van der Waals surface area contributed by atoms with Crippen LogP contribution in [0.3, 0.4) is 0 Å². The Morgan fingerprint density at radius 1 is 1.16 bits per heavy atom. The quantitative estimate of drug-likeness (QED) is 0.226. The third-order valence-corrected chi connectivity index (χ3v) is 6.63. The lowest BCUT2D eigenvalue weighted by molar-refractivity contribution is 0.0915. The highest BCUT2D eigenvalue weighted by Crippen LogP contribution is 2.36. The molecule has 0 spiro atoms. The Labute approximate surface area is 231 Å². The number of aromatic nitrogens is 1. The van der Waals surface area contributed by atoms with Crippen LogP contribution in [-0.4, -0.2) is 49.1 Å². The molecule has 0 aliphatic rings. The summed E-state index contributed by atoms with van der Waals surface area (Å²) in [7, 11) is 4.06. The van der Waals surface area contributed by atoms with E-state index in [-0.39, 0.29) is 17.4 Å². The maximum Gasteiger partial charge on any atom is 0.270 e. The van der Waals surface area contributed by atoms with E-state index in [1.807, 2.05) is 56.6 Å². The average Bonchev–Trinajstić information content (AvgIpc) is 2.89. The number of pyridine rings is 1. The number of nitrogens with two attached hydrogens (primary N) is 1. The lowest BCUT2D eigenvalue weighted by atomic mass is 9.87. The molecule has 202 valence electrons. The molecule has 7 heteroatoms. The van der Waals surface area contributed by atoms with Crippen LogP contribution >= 0.6 is 11.6 Å². The van der Waals surface area contributed by atoms with Crippen molar-refractivity contribution in [1.82, 2.24) is 15.2 Å². The predicted octanol–water partition coefficient (Wildman–Crippen LogP) is 6.19. The first-order valence-electron chi connectivity index (χ1n) is 12.9. The molecule has 0 bridgehead atoms. The molecule has 3 rings (SSSR count). The molecule has 6 nitrogen and oxygen atoms in total. The zero-order valence-corrected chi connectivity index (χ0v) is 23.8. The van der Waals surface area contributed by atoms with Gasteiger partial charge in [0.15, 0.2) is 0 Å². The highest BCUT2D eigenvalue weighted by Gasteiger charge is 2.25. The van der Waals surface area contributed by atoms with Crippen LogP contribution in [0, 0.1) is 5.41 Å². The maximum atomic E-state index is 13.3. The van der Waals surface area contributed by atoms with Crippen LogP contribution in [0.4, 0.5) is 0 Å². The second-order valence-electron chi connectivity index (χ2n) is 10.7. The van der Waals surface area contributed by atoms with Crippen LogP contribution in [0.25, 0.3) is 22.4 Å².